The number of carbonyl (C=O) groups excluding carboxylic acids is 1. The fourth-order valence-electron chi connectivity index (χ4n) is 1.90. The van der Waals surface area contributed by atoms with Crippen LogP contribution in [0, 0.1) is 5.92 Å². The van der Waals surface area contributed by atoms with Crippen molar-refractivity contribution >= 4 is 5.97 Å². The normalized spacial score (nSPS) is 22.5. The maximum absolute atomic E-state index is 10.6. The van der Waals surface area contributed by atoms with Gasteiger partial charge in [0.05, 0.1) is 13.4 Å². The molecule has 0 heterocycles. The Morgan fingerprint density at radius 3 is 2.65 bits per heavy atom. The predicted octanol–water partition coefficient (Wildman–Crippen LogP) is 2.88. The quantitative estimate of drug-likeness (QED) is 0.591. The summed E-state index contributed by atoms with van der Waals surface area (Å²) in [6.07, 6.45) is 4.57. The van der Waals surface area contributed by atoms with Crippen LogP contribution in [0.15, 0.2) is 36.6 Å². The SMILES string of the molecule is COc1ccc([C@H]2C[C@@H]2/C=C/OC(C)=O)cc1. The molecule has 2 rings (SSSR count). The highest BCUT2D eigenvalue weighted by Gasteiger charge is 2.36. The number of methoxy groups -OCH3 is 1. The van der Waals surface area contributed by atoms with Crippen LogP contribution in [0.4, 0.5) is 0 Å². The lowest BCUT2D eigenvalue weighted by Crippen LogP contribution is -1.90. The van der Waals surface area contributed by atoms with Gasteiger partial charge in [-0.2, -0.15) is 0 Å². The summed E-state index contributed by atoms with van der Waals surface area (Å²) in [7, 11) is 1.66. The smallest absolute Gasteiger partial charge is 0.307 e. The second-order valence-corrected chi connectivity index (χ2v) is 4.22. The van der Waals surface area contributed by atoms with Crippen LogP contribution in [0.2, 0.25) is 0 Å². The number of hydrogen-bond acceptors (Lipinski definition) is 3. The fraction of sp³-hybridized carbons (Fsp3) is 0.357. The fourth-order valence-corrected chi connectivity index (χ4v) is 1.90. The van der Waals surface area contributed by atoms with E-state index in [-0.39, 0.29) is 5.97 Å². The molecule has 0 unspecified atom stereocenters. The number of allylic oxidation sites excluding steroid dienone is 1. The molecule has 0 saturated heterocycles. The molecule has 0 amide bonds. The van der Waals surface area contributed by atoms with Gasteiger partial charge in [-0.25, -0.2) is 0 Å². The topological polar surface area (TPSA) is 35.5 Å². The standard InChI is InChI=1S/C14H16O3/c1-10(15)17-8-7-12-9-14(12)11-3-5-13(16-2)6-4-11/h3-8,12,14H,9H2,1-2H3/b8-7+/t12-,14+/m0/s1. The Labute approximate surface area is 101 Å². The summed E-state index contributed by atoms with van der Waals surface area (Å²) in [4.78, 5) is 10.6. The van der Waals surface area contributed by atoms with Gasteiger partial charge in [0.1, 0.15) is 5.75 Å². The lowest BCUT2D eigenvalue weighted by molar-refractivity contribution is -0.135. The van der Waals surface area contributed by atoms with Crippen molar-refractivity contribution in [3.8, 4) is 5.75 Å². The second-order valence-electron chi connectivity index (χ2n) is 4.22. The molecule has 0 spiro atoms. The predicted molar refractivity (Wildman–Crippen MR) is 64.7 cm³/mol. The van der Waals surface area contributed by atoms with Gasteiger partial charge >= 0.3 is 5.97 Å². The van der Waals surface area contributed by atoms with Gasteiger partial charge in [0.2, 0.25) is 0 Å². The first-order valence-electron chi connectivity index (χ1n) is 5.68. The van der Waals surface area contributed by atoms with Gasteiger partial charge in [0.25, 0.3) is 0 Å². The summed E-state index contributed by atoms with van der Waals surface area (Å²) in [5.41, 5.74) is 1.31. The van der Waals surface area contributed by atoms with Crippen molar-refractivity contribution in [3.05, 3.63) is 42.2 Å². The van der Waals surface area contributed by atoms with E-state index in [9.17, 15) is 4.79 Å². The van der Waals surface area contributed by atoms with Crippen molar-refractivity contribution in [2.45, 2.75) is 19.3 Å². The third-order valence-corrected chi connectivity index (χ3v) is 2.94. The van der Waals surface area contributed by atoms with Gasteiger partial charge in [-0.05, 0) is 42.0 Å². The Morgan fingerprint density at radius 2 is 2.06 bits per heavy atom. The highest BCUT2D eigenvalue weighted by atomic mass is 16.5. The molecule has 1 saturated carbocycles. The largest absolute Gasteiger partial charge is 0.497 e. The highest BCUT2D eigenvalue weighted by Crippen LogP contribution is 2.48. The monoisotopic (exact) mass is 232 g/mol. The van der Waals surface area contributed by atoms with Crippen molar-refractivity contribution in [2.75, 3.05) is 7.11 Å². The van der Waals surface area contributed by atoms with Crippen LogP contribution < -0.4 is 4.74 Å². The molecule has 3 nitrogen and oxygen atoms in total. The molecule has 0 aliphatic heterocycles. The second kappa shape index (κ2) is 5.04. The minimum Gasteiger partial charge on any atom is -0.497 e. The number of carbonyl (C=O) groups is 1. The summed E-state index contributed by atoms with van der Waals surface area (Å²) >= 11 is 0. The van der Waals surface area contributed by atoms with E-state index in [1.54, 1.807) is 7.11 Å². The zero-order valence-electron chi connectivity index (χ0n) is 10.1. The molecule has 90 valence electrons. The number of ether oxygens (including phenoxy) is 2. The van der Waals surface area contributed by atoms with Gasteiger partial charge in [-0.15, -0.1) is 0 Å². The molecule has 1 aliphatic rings. The molecule has 3 heteroatoms. The van der Waals surface area contributed by atoms with E-state index in [1.807, 2.05) is 18.2 Å². The van der Waals surface area contributed by atoms with Crippen molar-refractivity contribution in [1.82, 2.24) is 0 Å². The molecular formula is C14H16O3. The van der Waals surface area contributed by atoms with E-state index in [4.69, 9.17) is 9.47 Å². The summed E-state index contributed by atoms with van der Waals surface area (Å²) in [6, 6.07) is 8.12. The van der Waals surface area contributed by atoms with Crippen LogP contribution >= 0.6 is 0 Å². The van der Waals surface area contributed by atoms with Crippen LogP contribution in [-0.4, -0.2) is 13.1 Å². The molecule has 1 aromatic rings. The molecule has 0 radical (unpaired) electrons. The third kappa shape index (κ3) is 3.09. The van der Waals surface area contributed by atoms with Crippen LogP contribution in [-0.2, 0) is 9.53 Å². The summed E-state index contributed by atoms with van der Waals surface area (Å²) in [6.45, 7) is 1.40. The molecule has 2 atom stereocenters. The van der Waals surface area contributed by atoms with Crippen molar-refractivity contribution < 1.29 is 14.3 Å². The Bertz CT molecular complexity index is 420. The van der Waals surface area contributed by atoms with Crippen LogP contribution in [0.5, 0.6) is 5.75 Å². The minimum atomic E-state index is -0.275. The van der Waals surface area contributed by atoms with Crippen LogP contribution in [0.3, 0.4) is 0 Å². The van der Waals surface area contributed by atoms with Gasteiger partial charge < -0.3 is 9.47 Å². The number of hydrogen-bond donors (Lipinski definition) is 0. The van der Waals surface area contributed by atoms with Gasteiger partial charge in [-0.1, -0.05) is 12.1 Å². The average molecular weight is 232 g/mol. The molecule has 0 bridgehead atoms. The first-order valence-corrected chi connectivity index (χ1v) is 5.68. The Morgan fingerprint density at radius 1 is 1.35 bits per heavy atom. The number of esters is 1. The van der Waals surface area contributed by atoms with E-state index >= 15 is 0 Å². The van der Waals surface area contributed by atoms with E-state index in [0.717, 1.165) is 12.2 Å². The molecule has 1 fully saturated rings. The average Bonchev–Trinajstić information content (AvgIpc) is 3.08. The Kier molecular flexibility index (Phi) is 3.47. The maximum atomic E-state index is 10.6. The molecule has 1 aliphatic carbocycles. The van der Waals surface area contributed by atoms with Crippen molar-refractivity contribution in [2.24, 2.45) is 5.92 Å². The lowest BCUT2D eigenvalue weighted by atomic mass is 10.1. The number of benzene rings is 1. The van der Waals surface area contributed by atoms with Gasteiger partial charge in [0, 0.05) is 6.92 Å². The minimum absolute atomic E-state index is 0.275. The summed E-state index contributed by atoms with van der Waals surface area (Å²) < 4.78 is 9.89. The molecule has 0 N–H and O–H groups in total. The number of rotatable bonds is 4. The first-order chi connectivity index (χ1) is 8.20. The van der Waals surface area contributed by atoms with Crippen LogP contribution in [0.25, 0.3) is 0 Å². The van der Waals surface area contributed by atoms with Crippen LogP contribution in [0.1, 0.15) is 24.8 Å². The van der Waals surface area contributed by atoms with E-state index in [2.05, 4.69) is 12.1 Å². The summed E-state index contributed by atoms with van der Waals surface area (Å²) in [5, 5.41) is 0. The van der Waals surface area contributed by atoms with Gasteiger partial charge in [0.15, 0.2) is 0 Å². The van der Waals surface area contributed by atoms with E-state index in [1.165, 1.54) is 18.7 Å². The first kappa shape index (κ1) is 11.7. The molecular weight excluding hydrogens is 216 g/mol. The van der Waals surface area contributed by atoms with Crippen molar-refractivity contribution in [1.29, 1.82) is 0 Å². The van der Waals surface area contributed by atoms with Gasteiger partial charge in [-0.3, -0.25) is 4.79 Å². The van der Waals surface area contributed by atoms with E-state index < -0.39 is 0 Å². The Balaban J connectivity index is 1.89. The summed E-state index contributed by atoms with van der Waals surface area (Å²) in [5.74, 6) is 1.64. The zero-order chi connectivity index (χ0) is 12.3. The molecule has 1 aromatic carbocycles. The van der Waals surface area contributed by atoms with Crippen molar-refractivity contribution in [3.63, 3.8) is 0 Å². The molecule has 0 aromatic heterocycles. The Hall–Kier alpha value is -1.77. The highest BCUT2D eigenvalue weighted by molar-refractivity contribution is 5.66. The maximum Gasteiger partial charge on any atom is 0.307 e. The lowest BCUT2D eigenvalue weighted by Gasteiger charge is -2.01. The zero-order valence-corrected chi connectivity index (χ0v) is 10.1. The van der Waals surface area contributed by atoms with E-state index in [0.29, 0.717) is 11.8 Å². The third-order valence-electron chi connectivity index (χ3n) is 2.94. The molecule has 17 heavy (non-hydrogen) atoms.